The van der Waals surface area contributed by atoms with Crippen LogP contribution in [0.4, 0.5) is 0 Å². The van der Waals surface area contributed by atoms with E-state index < -0.39 is 20.2 Å². The van der Waals surface area contributed by atoms with Gasteiger partial charge in [0.25, 0.3) is 20.2 Å². The Bertz CT molecular complexity index is 693. The number of hydrogen-bond donors (Lipinski definition) is 0. The summed E-state index contributed by atoms with van der Waals surface area (Å²) in [6, 6.07) is 4.90. The van der Waals surface area contributed by atoms with Crippen LogP contribution in [0.5, 0.6) is 5.75 Å². The zero-order valence-electron chi connectivity index (χ0n) is 12.7. The molecule has 7 nitrogen and oxygen atoms in total. The summed E-state index contributed by atoms with van der Waals surface area (Å²) in [7, 11) is -7.21. The quantitative estimate of drug-likeness (QED) is 0.620. The highest BCUT2D eigenvalue weighted by Gasteiger charge is 2.11. The molecule has 0 aromatic heterocycles. The first-order valence-corrected chi connectivity index (χ1v) is 10.2. The largest absolute Gasteiger partial charge is 0.494 e. The smallest absolute Gasteiger partial charge is 0.264 e. The van der Waals surface area contributed by atoms with Crippen molar-refractivity contribution in [3.8, 4) is 5.75 Å². The number of benzene rings is 1. The lowest BCUT2D eigenvalue weighted by atomic mass is 10.1. The van der Waals surface area contributed by atoms with Crippen LogP contribution in [0.25, 0.3) is 0 Å². The van der Waals surface area contributed by atoms with E-state index in [9.17, 15) is 16.8 Å². The fraction of sp³-hybridized carbons (Fsp3) is 0.538. The lowest BCUT2D eigenvalue weighted by Gasteiger charge is -2.12. The SMILES string of the molecule is CCCOc1ccc(COS(C)(=O)=O)c(COS(C)(=O)=O)c1. The van der Waals surface area contributed by atoms with Crippen LogP contribution < -0.4 is 4.74 Å². The van der Waals surface area contributed by atoms with Crippen LogP contribution in [0.2, 0.25) is 0 Å². The molecule has 0 amide bonds. The van der Waals surface area contributed by atoms with Crippen molar-refractivity contribution < 1.29 is 29.9 Å². The van der Waals surface area contributed by atoms with E-state index in [4.69, 9.17) is 13.1 Å². The predicted octanol–water partition coefficient (Wildman–Crippen LogP) is 1.43. The normalized spacial score (nSPS) is 12.3. The van der Waals surface area contributed by atoms with Crippen molar-refractivity contribution in [3.05, 3.63) is 29.3 Å². The fourth-order valence-electron chi connectivity index (χ4n) is 1.53. The molecule has 126 valence electrons. The molecule has 0 fully saturated rings. The summed E-state index contributed by atoms with van der Waals surface area (Å²) in [4.78, 5) is 0. The molecule has 0 bridgehead atoms. The molecular weight excluding hydrogens is 332 g/mol. The second kappa shape index (κ2) is 7.91. The molecule has 0 atom stereocenters. The summed E-state index contributed by atoms with van der Waals surface area (Å²) in [5.41, 5.74) is 1.00. The van der Waals surface area contributed by atoms with Crippen molar-refractivity contribution in [3.63, 3.8) is 0 Å². The Labute approximate surface area is 131 Å². The summed E-state index contributed by atoms with van der Waals surface area (Å²) in [6.07, 6.45) is 2.71. The Morgan fingerprint density at radius 1 is 0.909 bits per heavy atom. The average molecular weight is 352 g/mol. The summed E-state index contributed by atoms with van der Waals surface area (Å²) >= 11 is 0. The number of ether oxygens (including phenoxy) is 1. The van der Waals surface area contributed by atoms with Gasteiger partial charge in [0.1, 0.15) is 5.75 Å². The van der Waals surface area contributed by atoms with Crippen LogP contribution in [0.3, 0.4) is 0 Å². The molecule has 0 spiro atoms. The minimum atomic E-state index is -3.61. The Morgan fingerprint density at radius 3 is 1.95 bits per heavy atom. The van der Waals surface area contributed by atoms with Crippen molar-refractivity contribution in [2.24, 2.45) is 0 Å². The van der Waals surface area contributed by atoms with Gasteiger partial charge in [0.05, 0.1) is 32.3 Å². The van der Waals surface area contributed by atoms with E-state index in [1.54, 1.807) is 18.2 Å². The van der Waals surface area contributed by atoms with E-state index in [1.165, 1.54) is 0 Å². The summed E-state index contributed by atoms with van der Waals surface area (Å²) in [5.74, 6) is 0.553. The molecule has 0 unspecified atom stereocenters. The fourth-order valence-corrected chi connectivity index (χ4v) is 2.21. The van der Waals surface area contributed by atoms with Crippen molar-refractivity contribution in [1.82, 2.24) is 0 Å². The first-order valence-electron chi connectivity index (χ1n) is 6.54. The maximum absolute atomic E-state index is 11.1. The van der Waals surface area contributed by atoms with E-state index in [0.29, 0.717) is 23.5 Å². The maximum atomic E-state index is 11.1. The number of rotatable bonds is 9. The van der Waals surface area contributed by atoms with Crippen LogP contribution >= 0.6 is 0 Å². The van der Waals surface area contributed by atoms with Crippen LogP contribution in [0, 0.1) is 0 Å². The first kappa shape index (κ1) is 18.9. The Hall–Kier alpha value is -1.16. The topological polar surface area (TPSA) is 96.0 Å². The van der Waals surface area contributed by atoms with Gasteiger partial charge in [-0.3, -0.25) is 8.37 Å². The van der Waals surface area contributed by atoms with Gasteiger partial charge in [0.2, 0.25) is 0 Å². The highest BCUT2D eigenvalue weighted by atomic mass is 32.2. The molecule has 1 aromatic carbocycles. The van der Waals surface area contributed by atoms with Gasteiger partial charge in [-0.25, -0.2) is 0 Å². The standard InChI is InChI=1S/C13H20O7S2/c1-4-7-18-13-6-5-11(9-19-21(2,14)15)12(8-13)10-20-22(3,16)17/h5-6,8H,4,7,9-10H2,1-3H3. The average Bonchev–Trinajstić information content (AvgIpc) is 2.39. The lowest BCUT2D eigenvalue weighted by Crippen LogP contribution is -2.08. The third-order valence-electron chi connectivity index (χ3n) is 2.51. The molecule has 0 aliphatic heterocycles. The highest BCUT2D eigenvalue weighted by molar-refractivity contribution is 7.86. The Balaban J connectivity index is 2.97. The maximum Gasteiger partial charge on any atom is 0.264 e. The third-order valence-corrected chi connectivity index (χ3v) is 3.60. The molecule has 0 saturated heterocycles. The first-order chi connectivity index (χ1) is 10.1. The second-order valence-corrected chi connectivity index (χ2v) is 8.00. The van der Waals surface area contributed by atoms with Gasteiger partial charge in [-0.05, 0) is 29.7 Å². The molecule has 0 radical (unpaired) electrons. The van der Waals surface area contributed by atoms with Crippen molar-refractivity contribution in [2.45, 2.75) is 26.6 Å². The van der Waals surface area contributed by atoms with Gasteiger partial charge >= 0.3 is 0 Å². The van der Waals surface area contributed by atoms with Crippen LogP contribution in [-0.4, -0.2) is 36.0 Å². The second-order valence-electron chi connectivity index (χ2n) is 4.71. The van der Waals surface area contributed by atoms with E-state index in [2.05, 4.69) is 0 Å². The van der Waals surface area contributed by atoms with Gasteiger partial charge in [-0.2, -0.15) is 16.8 Å². The molecule has 0 heterocycles. The zero-order chi connectivity index (χ0) is 16.8. The van der Waals surface area contributed by atoms with Crippen molar-refractivity contribution in [1.29, 1.82) is 0 Å². The Morgan fingerprint density at radius 2 is 1.45 bits per heavy atom. The van der Waals surface area contributed by atoms with Gasteiger partial charge in [0, 0.05) is 0 Å². The van der Waals surface area contributed by atoms with Crippen LogP contribution in [-0.2, 0) is 41.8 Å². The predicted molar refractivity (Wildman–Crippen MR) is 81.5 cm³/mol. The monoisotopic (exact) mass is 352 g/mol. The van der Waals surface area contributed by atoms with Gasteiger partial charge < -0.3 is 4.74 Å². The Kier molecular flexibility index (Phi) is 6.79. The van der Waals surface area contributed by atoms with E-state index in [1.807, 2.05) is 6.92 Å². The summed E-state index contributed by atoms with van der Waals surface area (Å²) in [5, 5.41) is 0. The molecule has 0 aliphatic rings. The van der Waals surface area contributed by atoms with Crippen LogP contribution in [0.1, 0.15) is 24.5 Å². The molecule has 0 aliphatic carbocycles. The van der Waals surface area contributed by atoms with Crippen molar-refractivity contribution >= 4 is 20.2 Å². The summed E-state index contributed by atoms with van der Waals surface area (Å²) < 4.78 is 59.3. The molecule has 0 N–H and O–H groups in total. The zero-order valence-corrected chi connectivity index (χ0v) is 14.4. The van der Waals surface area contributed by atoms with Crippen LogP contribution in [0.15, 0.2) is 18.2 Å². The van der Waals surface area contributed by atoms with E-state index in [0.717, 1.165) is 18.9 Å². The van der Waals surface area contributed by atoms with Gasteiger partial charge in [-0.1, -0.05) is 13.0 Å². The molecule has 1 rings (SSSR count). The third kappa shape index (κ3) is 7.74. The minimum Gasteiger partial charge on any atom is -0.494 e. The minimum absolute atomic E-state index is 0.199. The molecule has 9 heteroatoms. The van der Waals surface area contributed by atoms with Crippen molar-refractivity contribution in [2.75, 3.05) is 19.1 Å². The molecule has 0 saturated carbocycles. The highest BCUT2D eigenvalue weighted by Crippen LogP contribution is 2.21. The van der Waals surface area contributed by atoms with Gasteiger partial charge in [0.15, 0.2) is 0 Å². The molecule has 1 aromatic rings. The number of hydrogen-bond acceptors (Lipinski definition) is 7. The summed E-state index contributed by atoms with van der Waals surface area (Å²) in [6.45, 7) is 2.06. The van der Waals surface area contributed by atoms with E-state index in [-0.39, 0.29) is 13.2 Å². The molecular formula is C13H20O7S2. The van der Waals surface area contributed by atoms with E-state index >= 15 is 0 Å². The molecule has 22 heavy (non-hydrogen) atoms. The lowest BCUT2D eigenvalue weighted by molar-refractivity contribution is 0.288. The van der Waals surface area contributed by atoms with Gasteiger partial charge in [-0.15, -0.1) is 0 Å².